The van der Waals surface area contributed by atoms with E-state index < -0.39 is 0 Å². The van der Waals surface area contributed by atoms with Crippen LogP contribution in [0.5, 0.6) is 0 Å². The van der Waals surface area contributed by atoms with E-state index in [2.05, 4.69) is 4.74 Å². The van der Waals surface area contributed by atoms with Crippen molar-refractivity contribution in [3.05, 3.63) is 0 Å². The Labute approximate surface area is 66.4 Å². The Hall–Kier alpha value is -0.570. The van der Waals surface area contributed by atoms with Gasteiger partial charge in [-0.2, -0.15) is 0 Å². The smallest absolute Gasteiger partial charge is 0.293 e. The number of hydrogen-bond donors (Lipinski definition) is 1. The van der Waals surface area contributed by atoms with Crippen molar-refractivity contribution in [1.82, 2.24) is 0 Å². The molecule has 2 atom stereocenters. The molecule has 0 saturated heterocycles. The average Bonchev–Trinajstić information content (AvgIpc) is 1.99. The lowest BCUT2D eigenvalue weighted by atomic mass is 9.62. The Balaban J connectivity index is 2.34. The van der Waals surface area contributed by atoms with Crippen molar-refractivity contribution in [2.45, 2.75) is 19.8 Å². The predicted molar refractivity (Wildman–Crippen MR) is 39.9 cm³/mol. The number of carbonyl (C=O) groups excluding carboxylic acids is 1. The van der Waals surface area contributed by atoms with Crippen LogP contribution in [0.3, 0.4) is 0 Å². The molecule has 0 bridgehead atoms. The van der Waals surface area contributed by atoms with Gasteiger partial charge in [0.1, 0.15) is 0 Å². The van der Waals surface area contributed by atoms with Gasteiger partial charge in [-0.15, -0.1) is 0 Å². The van der Waals surface area contributed by atoms with Crippen molar-refractivity contribution < 1.29 is 14.6 Å². The zero-order valence-electron chi connectivity index (χ0n) is 6.75. The highest BCUT2D eigenvalue weighted by Crippen LogP contribution is 2.45. The fourth-order valence-corrected chi connectivity index (χ4v) is 1.57. The molecule has 1 N–H and O–H groups in total. The summed E-state index contributed by atoms with van der Waals surface area (Å²) in [7, 11) is 0. The van der Waals surface area contributed by atoms with Crippen LogP contribution in [0.2, 0.25) is 0 Å². The molecular formula is C8H14O3. The highest BCUT2D eigenvalue weighted by Gasteiger charge is 2.42. The van der Waals surface area contributed by atoms with Crippen molar-refractivity contribution in [2.75, 3.05) is 13.2 Å². The first-order valence-electron chi connectivity index (χ1n) is 3.89. The van der Waals surface area contributed by atoms with Gasteiger partial charge in [0.25, 0.3) is 6.47 Å². The summed E-state index contributed by atoms with van der Waals surface area (Å²) in [5.41, 5.74) is 0.0374. The summed E-state index contributed by atoms with van der Waals surface area (Å²) < 4.78 is 4.68. The number of aliphatic hydroxyl groups is 1. The van der Waals surface area contributed by atoms with E-state index in [9.17, 15) is 4.79 Å². The molecule has 1 fully saturated rings. The largest absolute Gasteiger partial charge is 0.467 e. The van der Waals surface area contributed by atoms with Crippen LogP contribution < -0.4 is 0 Å². The maximum Gasteiger partial charge on any atom is 0.293 e. The lowest BCUT2D eigenvalue weighted by Gasteiger charge is -2.45. The summed E-state index contributed by atoms with van der Waals surface area (Å²) in [4.78, 5) is 9.90. The normalized spacial score (nSPS) is 36.0. The summed E-state index contributed by atoms with van der Waals surface area (Å²) in [5.74, 6) is 0.322. The van der Waals surface area contributed by atoms with Crippen molar-refractivity contribution in [3.63, 3.8) is 0 Å². The molecule has 0 aromatic carbocycles. The van der Waals surface area contributed by atoms with Gasteiger partial charge in [0, 0.05) is 12.0 Å². The quantitative estimate of drug-likeness (QED) is 0.608. The van der Waals surface area contributed by atoms with Gasteiger partial charge < -0.3 is 9.84 Å². The molecule has 0 aromatic heterocycles. The molecule has 0 unspecified atom stereocenters. The first-order valence-corrected chi connectivity index (χ1v) is 3.89. The molecule has 0 spiro atoms. The maximum absolute atomic E-state index is 9.90. The second-order valence-electron chi connectivity index (χ2n) is 3.48. The van der Waals surface area contributed by atoms with E-state index in [0.29, 0.717) is 19.0 Å². The van der Waals surface area contributed by atoms with E-state index in [1.165, 1.54) is 0 Å². The fraction of sp³-hybridized carbons (Fsp3) is 0.875. The Kier molecular flexibility index (Phi) is 2.49. The number of rotatable bonds is 4. The molecule has 64 valence electrons. The van der Waals surface area contributed by atoms with Gasteiger partial charge in [0.15, 0.2) is 0 Å². The molecule has 1 aliphatic rings. The Bertz CT molecular complexity index is 144. The van der Waals surface area contributed by atoms with Gasteiger partial charge in [-0.05, 0) is 18.8 Å². The lowest BCUT2D eigenvalue weighted by Crippen LogP contribution is -2.43. The first-order chi connectivity index (χ1) is 5.23. The van der Waals surface area contributed by atoms with Crippen LogP contribution in [0.1, 0.15) is 19.8 Å². The van der Waals surface area contributed by atoms with Gasteiger partial charge >= 0.3 is 0 Å². The third-order valence-electron chi connectivity index (χ3n) is 2.75. The van der Waals surface area contributed by atoms with Crippen molar-refractivity contribution in [1.29, 1.82) is 0 Å². The van der Waals surface area contributed by atoms with E-state index in [1.807, 2.05) is 6.92 Å². The first kappa shape index (κ1) is 8.53. The highest BCUT2D eigenvalue weighted by molar-refractivity contribution is 5.37. The molecule has 3 heteroatoms. The molecule has 1 aliphatic carbocycles. The zero-order valence-corrected chi connectivity index (χ0v) is 6.75. The topological polar surface area (TPSA) is 46.5 Å². The van der Waals surface area contributed by atoms with Crippen LogP contribution in [0.4, 0.5) is 0 Å². The minimum atomic E-state index is 0.0374. The fourth-order valence-electron chi connectivity index (χ4n) is 1.57. The van der Waals surface area contributed by atoms with E-state index in [0.717, 1.165) is 12.8 Å². The number of ether oxygens (including phenoxy) is 1. The van der Waals surface area contributed by atoms with Crippen LogP contribution in [-0.4, -0.2) is 24.8 Å². The summed E-state index contributed by atoms with van der Waals surface area (Å²) in [6.07, 6.45) is 2.10. The molecule has 11 heavy (non-hydrogen) atoms. The number of hydrogen-bond acceptors (Lipinski definition) is 3. The van der Waals surface area contributed by atoms with E-state index >= 15 is 0 Å². The molecule has 0 radical (unpaired) electrons. The molecule has 3 nitrogen and oxygen atoms in total. The molecule has 0 amide bonds. The third kappa shape index (κ3) is 1.53. The Morgan fingerprint density at radius 1 is 1.82 bits per heavy atom. The Morgan fingerprint density at radius 3 is 2.91 bits per heavy atom. The predicted octanol–water partition coefficient (Wildman–Crippen LogP) is 0.568. The van der Waals surface area contributed by atoms with Crippen LogP contribution >= 0.6 is 0 Å². The van der Waals surface area contributed by atoms with Gasteiger partial charge in [-0.25, -0.2) is 0 Å². The van der Waals surface area contributed by atoms with E-state index in [4.69, 9.17) is 5.11 Å². The molecule has 0 aromatic rings. The lowest BCUT2D eigenvalue weighted by molar-refractivity contribution is -0.138. The minimum absolute atomic E-state index is 0.0374. The molecule has 0 aliphatic heterocycles. The van der Waals surface area contributed by atoms with Crippen molar-refractivity contribution in [3.8, 4) is 0 Å². The molecule has 1 rings (SSSR count). The molecular weight excluding hydrogens is 144 g/mol. The molecule has 1 saturated carbocycles. The van der Waals surface area contributed by atoms with Gasteiger partial charge in [-0.1, -0.05) is 6.92 Å². The summed E-state index contributed by atoms with van der Waals surface area (Å²) >= 11 is 0. The SMILES string of the molecule is C[C@@]1(COC=O)CC[C@H]1CO. The second-order valence-corrected chi connectivity index (χ2v) is 3.48. The van der Waals surface area contributed by atoms with Crippen LogP contribution in [0, 0.1) is 11.3 Å². The average molecular weight is 158 g/mol. The number of aliphatic hydroxyl groups excluding tert-OH is 1. The summed E-state index contributed by atoms with van der Waals surface area (Å²) in [6, 6.07) is 0. The minimum Gasteiger partial charge on any atom is -0.467 e. The molecule has 0 heterocycles. The Morgan fingerprint density at radius 2 is 2.55 bits per heavy atom. The highest BCUT2D eigenvalue weighted by atomic mass is 16.5. The summed E-state index contributed by atoms with van der Waals surface area (Å²) in [6.45, 7) is 3.17. The number of carbonyl (C=O) groups is 1. The van der Waals surface area contributed by atoms with Gasteiger partial charge in [0.05, 0.1) is 6.61 Å². The van der Waals surface area contributed by atoms with Gasteiger partial charge in [0.2, 0.25) is 0 Å². The third-order valence-corrected chi connectivity index (χ3v) is 2.75. The maximum atomic E-state index is 9.90. The monoisotopic (exact) mass is 158 g/mol. The van der Waals surface area contributed by atoms with E-state index in [1.54, 1.807) is 0 Å². The van der Waals surface area contributed by atoms with E-state index in [-0.39, 0.29) is 12.0 Å². The van der Waals surface area contributed by atoms with Crippen LogP contribution in [-0.2, 0) is 9.53 Å². The van der Waals surface area contributed by atoms with Crippen molar-refractivity contribution >= 4 is 6.47 Å². The standard InChI is InChI=1S/C8H14O3/c1-8(5-11-6-10)3-2-7(8)4-9/h6-7,9H,2-5H2,1H3/t7-,8-/m0/s1. The van der Waals surface area contributed by atoms with Crippen molar-refractivity contribution in [2.24, 2.45) is 11.3 Å². The second kappa shape index (κ2) is 3.22. The van der Waals surface area contributed by atoms with Gasteiger partial charge in [-0.3, -0.25) is 4.79 Å². The summed E-state index contributed by atoms with van der Waals surface area (Å²) in [5, 5.41) is 8.88. The van der Waals surface area contributed by atoms with Crippen LogP contribution in [0.25, 0.3) is 0 Å². The zero-order chi connectivity index (χ0) is 8.32. The van der Waals surface area contributed by atoms with Crippen LogP contribution in [0.15, 0.2) is 0 Å².